The summed E-state index contributed by atoms with van der Waals surface area (Å²) in [5.41, 5.74) is 0. The van der Waals surface area contributed by atoms with E-state index in [1.165, 1.54) is 64.2 Å². The van der Waals surface area contributed by atoms with Crippen LogP contribution in [0.5, 0.6) is 0 Å². The van der Waals surface area contributed by atoms with E-state index in [1.807, 2.05) is 6.08 Å². The second-order valence-electron chi connectivity index (χ2n) is 9.45. The first-order valence-electron chi connectivity index (χ1n) is 15.3. The van der Waals surface area contributed by atoms with Crippen LogP contribution in [0.4, 0.5) is 0 Å². The molecule has 0 aliphatic carbocycles. The minimum Gasteiger partial charge on any atom is -0.394 e. The summed E-state index contributed by atoms with van der Waals surface area (Å²) < 4.78 is 0. The minimum atomic E-state index is -0.974. The van der Waals surface area contributed by atoms with Gasteiger partial charge in [-0.05, 0) is 114 Å². The third-order valence-electron chi connectivity index (χ3n) is 5.79. The maximum absolute atomic E-state index is 12.1. The van der Waals surface area contributed by atoms with Gasteiger partial charge in [-0.2, -0.15) is 0 Å². The van der Waals surface area contributed by atoms with Crippen molar-refractivity contribution in [3.63, 3.8) is 0 Å². The first-order chi connectivity index (χ1) is 22.2. The van der Waals surface area contributed by atoms with Crippen LogP contribution < -0.4 is 5.32 Å². The van der Waals surface area contributed by atoms with Crippen molar-refractivity contribution in [2.24, 2.45) is 0 Å². The number of hydrogen-bond acceptors (Lipinski definition) is 3. The molecule has 1 amide bonds. The first kappa shape index (κ1) is 39.7. The van der Waals surface area contributed by atoms with E-state index in [2.05, 4.69) is 131 Å². The van der Waals surface area contributed by atoms with Gasteiger partial charge in [0.25, 0.3) is 0 Å². The monoisotopic (exact) mass is 595 g/mol. The number of hydrogen-bond donors (Lipinski definition) is 3. The van der Waals surface area contributed by atoms with Crippen LogP contribution in [-0.4, -0.2) is 34.9 Å². The fourth-order valence-electron chi connectivity index (χ4n) is 3.52. The lowest BCUT2D eigenvalue weighted by molar-refractivity contribution is -0.121. The van der Waals surface area contributed by atoms with Gasteiger partial charge in [0.15, 0.2) is 0 Å². The summed E-state index contributed by atoms with van der Waals surface area (Å²) in [5, 5.41) is 22.5. The zero-order chi connectivity index (χ0) is 32.9. The van der Waals surface area contributed by atoms with Crippen molar-refractivity contribution in [1.29, 1.82) is 0 Å². The summed E-state index contributed by atoms with van der Waals surface area (Å²) in [6, 6.07) is -0.795. The first-order valence-corrected chi connectivity index (χ1v) is 15.3. The van der Waals surface area contributed by atoms with E-state index < -0.39 is 18.1 Å². The molecule has 0 rings (SSSR count). The van der Waals surface area contributed by atoms with Crippen molar-refractivity contribution in [1.82, 2.24) is 5.32 Å². The van der Waals surface area contributed by atoms with E-state index in [4.69, 9.17) is 0 Å². The molecule has 0 radical (unpaired) electrons. The number of carbonyl (C=O) groups excluding carboxylic acids is 1. The van der Waals surface area contributed by atoms with Crippen LogP contribution in [0, 0.1) is 118 Å². The van der Waals surface area contributed by atoms with Gasteiger partial charge in [0, 0.05) is 11.8 Å². The van der Waals surface area contributed by atoms with Crippen molar-refractivity contribution in [3.8, 4) is 118 Å². The van der Waals surface area contributed by atoms with Crippen LogP contribution >= 0.6 is 0 Å². The highest BCUT2D eigenvalue weighted by Crippen LogP contribution is 2.12. The molecule has 0 aromatic carbocycles. The molecule has 0 saturated carbocycles. The number of rotatable bonds is 17. The Balaban J connectivity index is 4.26. The van der Waals surface area contributed by atoms with Gasteiger partial charge >= 0.3 is 0 Å². The zero-order valence-electron chi connectivity index (χ0n) is 26.5. The smallest absolute Gasteiger partial charge is 0.232 e. The predicted molar refractivity (Wildman–Crippen MR) is 183 cm³/mol. The Hall–Kier alpha value is -5.27. The summed E-state index contributed by atoms with van der Waals surface area (Å²) in [4.78, 5) is 12.1. The van der Waals surface area contributed by atoms with Gasteiger partial charge in [-0.3, -0.25) is 4.79 Å². The van der Waals surface area contributed by atoms with E-state index in [1.54, 1.807) is 13.0 Å². The van der Waals surface area contributed by atoms with E-state index in [0.29, 0.717) is 0 Å². The van der Waals surface area contributed by atoms with Gasteiger partial charge in [-0.1, -0.05) is 95.1 Å². The van der Waals surface area contributed by atoms with Gasteiger partial charge in [0.05, 0.1) is 25.2 Å². The lowest BCUT2D eigenvalue weighted by Crippen LogP contribution is -2.44. The molecular formula is C41H41NO3. The molecule has 0 bridgehead atoms. The molecule has 0 unspecified atom stereocenters. The lowest BCUT2D eigenvalue weighted by Gasteiger charge is -2.19. The molecule has 45 heavy (non-hydrogen) atoms. The van der Waals surface area contributed by atoms with Gasteiger partial charge < -0.3 is 15.5 Å². The Morgan fingerprint density at radius 3 is 1.44 bits per heavy atom. The van der Waals surface area contributed by atoms with Crippen molar-refractivity contribution in [3.05, 3.63) is 12.2 Å². The van der Waals surface area contributed by atoms with E-state index >= 15 is 0 Å². The quantitative estimate of drug-likeness (QED) is 0.132. The van der Waals surface area contributed by atoms with E-state index in [-0.39, 0.29) is 13.0 Å². The Morgan fingerprint density at radius 1 is 0.622 bits per heavy atom. The summed E-state index contributed by atoms with van der Waals surface area (Å²) in [6.45, 7) is 3.55. The number of allylic oxidation sites excluding steroid dienone is 1. The number of aliphatic hydroxyl groups is 2. The highest BCUT2D eigenvalue weighted by Gasteiger charge is 2.17. The minimum absolute atomic E-state index is 0.122. The van der Waals surface area contributed by atoms with E-state index in [9.17, 15) is 15.0 Å². The molecule has 0 saturated heterocycles. The molecule has 0 aliphatic heterocycles. The third-order valence-corrected chi connectivity index (χ3v) is 5.79. The van der Waals surface area contributed by atoms with Crippen molar-refractivity contribution in [2.45, 2.75) is 109 Å². The van der Waals surface area contributed by atoms with Gasteiger partial charge in [0.1, 0.15) is 0 Å². The van der Waals surface area contributed by atoms with Crippen LogP contribution in [0.3, 0.4) is 0 Å². The zero-order valence-corrected chi connectivity index (χ0v) is 26.5. The maximum atomic E-state index is 12.1. The Bertz CT molecular complexity index is 1560. The molecule has 0 fully saturated rings. The molecule has 0 aliphatic rings. The normalized spacial score (nSPS) is 9.51. The van der Waals surface area contributed by atoms with Gasteiger partial charge in [-0.15, -0.1) is 0 Å². The fraction of sp³-hybridized carbons (Fsp3) is 0.439. The number of nitrogens with one attached hydrogen (secondary N) is 1. The van der Waals surface area contributed by atoms with Crippen LogP contribution in [0.15, 0.2) is 12.2 Å². The van der Waals surface area contributed by atoms with Crippen LogP contribution in [0.2, 0.25) is 0 Å². The molecule has 0 heterocycles. The Labute approximate surface area is 272 Å². The molecule has 4 heteroatoms. The molecule has 2 atom stereocenters. The third kappa shape index (κ3) is 30.0. The molecule has 0 aromatic heterocycles. The topological polar surface area (TPSA) is 69.6 Å². The largest absolute Gasteiger partial charge is 0.394 e. The Morgan fingerprint density at radius 2 is 1.02 bits per heavy atom. The predicted octanol–water partition coefficient (Wildman–Crippen LogP) is 4.53. The van der Waals surface area contributed by atoms with Crippen LogP contribution in [0.1, 0.15) is 97.3 Å². The van der Waals surface area contributed by atoms with Crippen molar-refractivity contribution in [2.75, 3.05) is 6.61 Å². The summed E-state index contributed by atoms with van der Waals surface area (Å²) in [6.07, 6.45) is 17.4. The SMILES string of the molecule is CC#CC#CC#CC#CC#CC#CC#CC#CC#CC#CCC(=O)N[C@@H](CO)[C@H](O)/C=C/CCCCCCCCCCCCC. The summed E-state index contributed by atoms with van der Waals surface area (Å²) in [5.74, 6) is 50.1. The molecule has 3 N–H and O–H groups in total. The lowest BCUT2D eigenvalue weighted by atomic mass is 10.0. The number of aliphatic hydroxyl groups excluding tert-OH is 2. The number of amides is 1. The summed E-state index contributed by atoms with van der Waals surface area (Å²) >= 11 is 0. The highest BCUT2D eigenvalue weighted by atomic mass is 16.3. The number of unbranched alkanes of at least 4 members (excludes halogenated alkanes) is 11. The number of carbonyl (C=O) groups is 1. The second-order valence-corrected chi connectivity index (χ2v) is 9.45. The average Bonchev–Trinajstić information content (AvgIpc) is 3.04. The van der Waals surface area contributed by atoms with Gasteiger partial charge in [0.2, 0.25) is 5.91 Å². The molecule has 0 spiro atoms. The molecular weight excluding hydrogens is 554 g/mol. The van der Waals surface area contributed by atoms with Crippen molar-refractivity contribution >= 4 is 5.91 Å². The fourth-order valence-corrected chi connectivity index (χ4v) is 3.52. The standard InChI is InChI=1S/C41H41NO3/c1-3-5-7-9-11-13-15-17-18-19-20-21-22-23-25-27-29-31-33-35-37-41(45)42-39(38-43)40(44)36-34-32-30-28-26-24-16-14-12-10-8-6-4-2/h34,36,39-40,43-44H,4,6,8,10,12,14,16,24,26,28,30,32,37-38H2,1-2H3,(H,42,45)/b36-34+/t39-,40+/m0/s1. The van der Waals surface area contributed by atoms with E-state index in [0.717, 1.165) is 12.8 Å². The average molecular weight is 596 g/mol. The second kappa shape index (κ2) is 33.2. The highest BCUT2D eigenvalue weighted by molar-refractivity contribution is 5.79. The van der Waals surface area contributed by atoms with Crippen molar-refractivity contribution < 1.29 is 15.0 Å². The molecule has 0 aromatic rings. The molecule has 4 nitrogen and oxygen atoms in total. The maximum Gasteiger partial charge on any atom is 0.232 e. The van der Waals surface area contributed by atoms with Crippen LogP contribution in [-0.2, 0) is 4.79 Å². The Kier molecular flexibility index (Phi) is 29.3. The summed E-state index contributed by atoms with van der Waals surface area (Å²) in [7, 11) is 0. The van der Waals surface area contributed by atoms with Gasteiger partial charge in [-0.25, -0.2) is 0 Å². The van der Waals surface area contributed by atoms with Crippen LogP contribution in [0.25, 0.3) is 0 Å². The molecule has 228 valence electrons.